The van der Waals surface area contributed by atoms with Crippen LogP contribution in [0.3, 0.4) is 0 Å². The molecule has 1 aromatic carbocycles. The Bertz CT molecular complexity index is 523. The summed E-state index contributed by atoms with van der Waals surface area (Å²) in [5.74, 6) is 5.03. The first kappa shape index (κ1) is 12.2. The number of hydrazine groups is 1. The lowest BCUT2D eigenvalue weighted by Gasteiger charge is -2.07. The first-order valence-electron chi connectivity index (χ1n) is 5.54. The van der Waals surface area contributed by atoms with E-state index < -0.39 is 0 Å². The van der Waals surface area contributed by atoms with Gasteiger partial charge in [-0.3, -0.25) is 10.2 Å². The van der Waals surface area contributed by atoms with E-state index in [0.717, 1.165) is 5.56 Å². The Labute approximate surface area is 104 Å². The molecule has 0 saturated carbocycles. The molecule has 1 heterocycles. The molecular formula is C11H14N6O. The molecular weight excluding hydrogens is 232 g/mol. The number of nitrogens with two attached hydrogens (primary N) is 1. The predicted octanol–water partition coefficient (Wildman–Crippen LogP) is -0.0339. The van der Waals surface area contributed by atoms with Gasteiger partial charge in [0.1, 0.15) is 0 Å². The molecule has 3 N–H and O–H groups in total. The molecule has 1 unspecified atom stereocenters. The van der Waals surface area contributed by atoms with Crippen LogP contribution in [0.1, 0.15) is 6.92 Å². The summed E-state index contributed by atoms with van der Waals surface area (Å²) in [6, 6.07) is 9.53. The molecule has 1 aromatic heterocycles. The molecule has 1 atom stereocenters. The van der Waals surface area contributed by atoms with Crippen molar-refractivity contribution in [2.24, 2.45) is 11.8 Å². The van der Waals surface area contributed by atoms with Crippen molar-refractivity contribution in [3.63, 3.8) is 0 Å². The molecule has 0 aliphatic heterocycles. The fourth-order valence-corrected chi connectivity index (χ4v) is 1.49. The summed E-state index contributed by atoms with van der Waals surface area (Å²) in [5.41, 5.74) is 2.98. The Kier molecular flexibility index (Phi) is 3.63. The molecule has 18 heavy (non-hydrogen) atoms. The van der Waals surface area contributed by atoms with Crippen LogP contribution in [0.2, 0.25) is 0 Å². The van der Waals surface area contributed by atoms with Crippen LogP contribution in [0, 0.1) is 5.92 Å². The van der Waals surface area contributed by atoms with Gasteiger partial charge in [0.25, 0.3) is 0 Å². The molecule has 0 radical (unpaired) electrons. The number of carbonyl (C=O) groups excluding carboxylic acids is 1. The van der Waals surface area contributed by atoms with Gasteiger partial charge in [-0.05, 0) is 5.21 Å². The number of amides is 1. The van der Waals surface area contributed by atoms with Crippen LogP contribution in [0.15, 0.2) is 30.3 Å². The highest BCUT2D eigenvalue weighted by Gasteiger charge is 2.14. The van der Waals surface area contributed by atoms with E-state index in [2.05, 4.69) is 20.8 Å². The number of hydrogen-bond acceptors (Lipinski definition) is 5. The number of benzene rings is 1. The maximum atomic E-state index is 11.3. The van der Waals surface area contributed by atoms with Crippen molar-refractivity contribution in [2.45, 2.75) is 13.5 Å². The van der Waals surface area contributed by atoms with E-state index in [0.29, 0.717) is 12.4 Å². The molecule has 94 valence electrons. The fourth-order valence-electron chi connectivity index (χ4n) is 1.49. The van der Waals surface area contributed by atoms with Crippen molar-refractivity contribution in [2.75, 3.05) is 0 Å². The van der Waals surface area contributed by atoms with Gasteiger partial charge in [-0.15, -0.1) is 10.2 Å². The molecule has 0 saturated heterocycles. The second-order valence-corrected chi connectivity index (χ2v) is 3.94. The van der Waals surface area contributed by atoms with Gasteiger partial charge in [0.2, 0.25) is 11.7 Å². The van der Waals surface area contributed by atoms with E-state index in [9.17, 15) is 4.79 Å². The summed E-state index contributed by atoms with van der Waals surface area (Å²) in [6.07, 6.45) is 0. The van der Waals surface area contributed by atoms with Crippen molar-refractivity contribution >= 4 is 5.91 Å². The summed E-state index contributed by atoms with van der Waals surface area (Å²) < 4.78 is 0. The van der Waals surface area contributed by atoms with Gasteiger partial charge >= 0.3 is 0 Å². The van der Waals surface area contributed by atoms with Crippen LogP contribution >= 0.6 is 0 Å². The average Bonchev–Trinajstić information content (AvgIpc) is 2.87. The predicted molar refractivity (Wildman–Crippen MR) is 64.7 cm³/mol. The molecule has 2 aromatic rings. The van der Waals surface area contributed by atoms with Crippen LogP contribution in [0.5, 0.6) is 0 Å². The van der Waals surface area contributed by atoms with Crippen LogP contribution < -0.4 is 11.3 Å². The summed E-state index contributed by atoms with van der Waals surface area (Å²) >= 11 is 0. The van der Waals surface area contributed by atoms with Crippen molar-refractivity contribution in [1.82, 2.24) is 25.6 Å². The highest BCUT2D eigenvalue weighted by Crippen LogP contribution is 2.12. The van der Waals surface area contributed by atoms with Crippen LogP contribution in [0.4, 0.5) is 0 Å². The Hall–Kier alpha value is -2.28. The summed E-state index contributed by atoms with van der Waals surface area (Å²) in [6.45, 7) is 2.08. The minimum absolute atomic E-state index is 0.256. The van der Waals surface area contributed by atoms with Crippen molar-refractivity contribution < 1.29 is 4.79 Å². The summed E-state index contributed by atoms with van der Waals surface area (Å²) in [5, 5.41) is 12.1. The molecule has 0 bridgehead atoms. The number of nitrogens with one attached hydrogen (secondary N) is 1. The van der Waals surface area contributed by atoms with Crippen LogP contribution in [-0.4, -0.2) is 26.1 Å². The third kappa shape index (κ3) is 2.69. The lowest BCUT2D eigenvalue weighted by Crippen LogP contribution is -2.36. The Morgan fingerprint density at radius 3 is 2.83 bits per heavy atom. The normalized spacial score (nSPS) is 12.1. The number of aromatic nitrogens is 4. The molecule has 1 amide bonds. The second-order valence-electron chi connectivity index (χ2n) is 3.94. The second kappa shape index (κ2) is 5.37. The van der Waals surface area contributed by atoms with Gasteiger partial charge in [0, 0.05) is 5.56 Å². The third-order valence-corrected chi connectivity index (χ3v) is 2.51. The first-order valence-corrected chi connectivity index (χ1v) is 5.54. The lowest BCUT2D eigenvalue weighted by atomic mass is 10.2. The molecule has 0 fully saturated rings. The summed E-state index contributed by atoms with van der Waals surface area (Å²) in [4.78, 5) is 12.7. The van der Waals surface area contributed by atoms with Crippen molar-refractivity contribution in [3.05, 3.63) is 30.3 Å². The molecule has 0 spiro atoms. The van der Waals surface area contributed by atoms with Gasteiger partial charge < -0.3 is 0 Å². The average molecular weight is 246 g/mol. The zero-order valence-electron chi connectivity index (χ0n) is 9.95. The van der Waals surface area contributed by atoms with E-state index in [1.54, 1.807) is 6.92 Å². The monoisotopic (exact) mass is 246 g/mol. The summed E-state index contributed by atoms with van der Waals surface area (Å²) in [7, 11) is 0. The number of rotatable bonds is 4. The standard InChI is InChI=1S/C11H14N6O/c1-8(11(18)13-12)7-17-15-10(14-16-17)9-5-3-2-4-6-9/h2-6,8H,7,12H2,1H3,(H,13,18). The van der Waals surface area contributed by atoms with Crippen molar-refractivity contribution in [3.8, 4) is 11.4 Å². The Balaban J connectivity index is 2.09. The largest absolute Gasteiger partial charge is 0.294 e. The number of tetrazole rings is 1. The molecule has 7 nitrogen and oxygen atoms in total. The number of nitrogens with zero attached hydrogens (tertiary/aromatic N) is 4. The van der Waals surface area contributed by atoms with E-state index >= 15 is 0 Å². The Morgan fingerprint density at radius 2 is 2.17 bits per heavy atom. The molecule has 0 aliphatic rings. The SMILES string of the molecule is CC(Cn1nnc(-c2ccccc2)n1)C(=O)NN. The van der Waals surface area contributed by atoms with Crippen molar-refractivity contribution in [1.29, 1.82) is 0 Å². The van der Waals surface area contributed by atoms with Gasteiger partial charge in [-0.2, -0.15) is 4.80 Å². The minimum Gasteiger partial charge on any atom is -0.294 e. The highest BCUT2D eigenvalue weighted by molar-refractivity contribution is 5.77. The molecule has 0 aliphatic carbocycles. The smallest absolute Gasteiger partial charge is 0.238 e. The number of carbonyl (C=O) groups is 1. The van der Waals surface area contributed by atoms with Crippen LogP contribution in [-0.2, 0) is 11.3 Å². The Morgan fingerprint density at radius 1 is 1.44 bits per heavy atom. The topological polar surface area (TPSA) is 98.7 Å². The first-order chi connectivity index (χ1) is 8.70. The van der Waals surface area contributed by atoms with Gasteiger partial charge in [0.15, 0.2) is 0 Å². The quantitative estimate of drug-likeness (QED) is 0.448. The van der Waals surface area contributed by atoms with E-state index in [4.69, 9.17) is 5.84 Å². The van der Waals surface area contributed by atoms with Gasteiger partial charge in [-0.1, -0.05) is 37.3 Å². The van der Waals surface area contributed by atoms with E-state index in [1.165, 1.54) is 4.80 Å². The van der Waals surface area contributed by atoms with Crippen LogP contribution in [0.25, 0.3) is 11.4 Å². The maximum Gasteiger partial charge on any atom is 0.238 e. The zero-order valence-corrected chi connectivity index (χ0v) is 9.95. The van der Waals surface area contributed by atoms with E-state index in [1.807, 2.05) is 30.3 Å². The third-order valence-electron chi connectivity index (χ3n) is 2.51. The van der Waals surface area contributed by atoms with Gasteiger partial charge in [0.05, 0.1) is 12.5 Å². The van der Waals surface area contributed by atoms with Gasteiger partial charge in [-0.25, -0.2) is 5.84 Å². The number of hydrogen-bond donors (Lipinski definition) is 2. The molecule has 2 rings (SSSR count). The maximum absolute atomic E-state index is 11.3. The molecule has 7 heteroatoms. The zero-order chi connectivity index (χ0) is 13.0. The minimum atomic E-state index is -0.312. The fraction of sp³-hybridized carbons (Fsp3) is 0.273. The van der Waals surface area contributed by atoms with E-state index in [-0.39, 0.29) is 11.8 Å². The highest BCUT2D eigenvalue weighted by atomic mass is 16.2. The lowest BCUT2D eigenvalue weighted by molar-refractivity contribution is -0.125.